The molecule has 2 aromatic rings. The average molecular weight is 363 g/mol. The van der Waals surface area contributed by atoms with Crippen LogP contribution in [0.3, 0.4) is 0 Å². The molecule has 1 aliphatic heterocycles. The molecule has 0 aliphatic carbocycles. The first kappa shape index (κ1) is 15.1. The van der Waals surface area contributed by atoms with Crippen LogP contribution in [0, 0.1) is 13.8 Å². The van der Waals surface area contributed by atoms with Crippen molar-refractivity contribution < 1.29 is 4.74 Å². The standard InChI is InChI=1S/C16H19BrN4O/c1-9-7-13(18-3)21-16(19-9)20-12-8-11-5-4-6-22-15(11)14(17)10(12)2/h7-8H,4-6H2,1-3H3,(H2,18,19,20,21). The number of benzene rings is 1. The zero-order chi connectivity index (χ0) is 15.7. The van der Waals surface area contributed by atoms with Gasteiger partial charge < -0.3 is 15.4 Å². The predicted octanol–water partition coefficient (Wildman–Crippen LogP) is 3.97. The summed E-state index contributed by atoms with van der Waals surface area (Å²) in [5, 5.41) is 6.38. The Morgan fingerprint density at radius 2 is 2.05 bits per heavy atom. The molecule has 0 saturated carbocycles. The van der Waals surface area contributed by atoms with Crippen molar-refractivity contribution in [3.8, 4) is 5.75 Å². The van der Waals surface area contributed by atoms with Crippen LogP contribution < -0.4 is 15.4 Å². The molecular weight excluding hydrogens is 344 g/mol. The van der Waals surface area contributed by atoms with E-state index < -0.39 is 0 Å². The van der Waals surface area contributed by atoms with E-state index in [-0.39, 0.29) is 0 Å². The maximum atomic E-state index is 5.78. The molecule has 3 rings (SSSR count). The first-order chi connectivity index (χ1) is 10.6. The van der Waals surface area contributed by atoms with E-state index in [0.29, 0.717) is 5.95 Å². The van der Waals surface area contributed by atoms with Gasteiger partial charge in [-0.2, -0.15) is 4.98 Å². The smallest absolute Gasteiger partial charge is 0.229 e. The molecule has 0 atom stereocenters. The molecule has 0 bridgehead atoms. The van der Waals surface area contributed by atoms with Gasteiger partial charge in [-0.15, -0.1) is 0 Å². The molecule has 0 saturated heterocycles. The molecule has 6 heteroatoms. The SMILES string of the molecule is CNc1cc(C)nc(Nc2cc3c(c(Br)c2C)OCCC3)n1. The Hall–Kier alpha value is -1.82. The van der Waals surface area contributed by atoms with Crippen LogP contribution in [0.5, 0.6) is 5.75 Å². The van der Waals surface area contributed by atoms with Gasteiger partial charge >= 0.3 is 0 Å². The Morgan fingerprint density at radius 3 is 2.82 bits per heavy atom. The summed E-state index contributed by atoms with van der Waals surface area (Å²) in [6, 6.07) is 4.05. The molecule has 5 nitrogen and oxygen atoms in total. The zero-order valence-electron chi connectivity index (χ0n) is 13.0. The van der Waals surface area contributed by atoms with E-state index in [2.05, 4.69) is 49.5 Å². The number of halogens is 1. The Bertz CT molecular complexity index is 718. The fourth-order valence-corrected chi connectivity index (χ4v) is 3.14. The highest BCUT2D eigenvalue weighted by Gasteiger charge is 2.18. The Labute approximate surface area is 138 Å². The van der Waals surface area contributed by atoms with Crippen molar-refractivity contribution in [1.29, 1.82) is 0 Å². The normalized spacial score (nSPS) is 13.3. The van der Waals surface area contributed by atoms with E-state index in [1.807, 2.05) is 20.0 Å². The van der Waals surface area contributed by atoms with Gasteiger partial charge in [-0.3, -0.25) is 0 Å². The van der Waals surface area contributed by atoms with Gasteiger partial charge in [0.2, 0.25) is 5.95 Å². The van der Waals surface area contributed by atoms with Crippen molar-refractivity contribution in [1.82, 2.24) is 9.97 Å². The lowest BCUT2D eigenvalue weighted by atomic mass is 10.0. The molecule has 0 unspecified atom stereocenters. The second-order valence-electron chi connectivity index (χ2n) is 5.40. The van der Waals surface area contributed by atoms with E-state index >= 15 is 0 Å². The van der Waals surface area contributed by atoms with Crippen molar-refractivity contribution in [3.63, 3.8) is 0 Å². The molecule has 1 aromatic carbocycles. The summed E-state index contributed by atoms with van der Waals surface area (Å²) in [5.74, 6) is 2.36. The highest BCUT2D eigenvalue weighted by atomic mass is 79.9. The maximum absolute atomic E-state index is 5.78. The highest BCUT2D eigenvalue weighted by Crippen LogP contribution is 2.40. The van der Waals surface area contributed by atoms with Gasteiger partial charge in [0.25, 0.3) is 0 Å². The molecule has 116 valence electrons. The Balaban J connectivity index is 1.99. The van der Waals surface area contributed by atoms with Crippen LogP contribution in [0.1, 0.15) is 23.2 Å². The van der Waals surface area contributed by atoms with Crippen LogP contribution in [-0.2, 0) is 6.42 Å². The lowest BCUT2D eigenvalue weighted by molar-refractivity contribution is 0.286. The fourth-order valence-electron chi connectivity index (χ4n) is 2.56. The lowest BCUT2D eigenvalue weighted by Crippen LogP contribution is -2.11. The van der Waals surface area contributed by atoms with Crippen molar-refractivity contribution in [2.45, 2.75) is 26.7 Å². The minimum atomic E-state index is 0.594. The number of rotatable bonds is 3. The van der Waals surface area contributed by atoms with Gasteiger partial charge in [0, 0.05) is 24.5 Å². The molecule has 0 radical (unpaired) electrons. The summed E-state index contributed by atoms with van der Waals surface area (Å²) in [7, 11) is 1.85. The number of hydrogen-bond acceptors (Lipinski definition) is 5. The Morgan fingerprint density at radius 1 is 1.23 bits per heavy atom. The fraction of sp³-hybridized carbons (Fsp3) is 0.375. The molecule has 1 aliphatic rings. The van der Waals surface area contributed by atoms with Gasteiger partial charge in [-0.1, -0.05) is 0 Å². The largest absolute Gasteiger partial charge is 0.492 e. The summed E-state index contributed by atoms with van der Waals surface area (Å²) in [5.41, 5.74) is 4.23. The van der Waals surface area contributed by atoms with Crippen molar-refractivity contribution >= 4 is 33.4 Å². The number of nitrogens with zero attached hydrogens (tertiary/aromatic N) is 2. The number of anilines is 3. The van der Waals surface area contributed by atoms with Gasteiger partial charge in [-0.05, 0) is 59.8 Å². The highest BCUT2D eigenvalue weighted by molar-refractivity contribution is 9.10. The van der Waals surface area contributed by atoms with Crippen LogP contribution in [0.15, 0.2) is 16.6 Å². The predicted molar refractivity (Wildman–Crippen MR) is 92.3 cm³/mol. The Kier molecular flexibility index (Phi) is 4.20. The number of aromatic nitrogens is 2. The molecule has 2 N–H and O–H groups in total. The van der Waals surface area contributed by atoms with E-state index in [1.54, 1.807) is 0 Å². The summed E-state index contributed by atoms with van der Waals surface area (Å²) >= 11 is 3.65. The van der Waals surface area contributed by atoms with Crippen LogP contribution in [0.25, 0.3) is 0 Å². The van der Waals surface area contributed by atoms with Gasteiger partial charge in [0.15, 0.2) is 0 Å². The summed E-state index contributed by atoms with van der Waals surface area (Å²) in [4.78, 5) is 8.90. The minimum Gasteiger partial charge on any atom is -0.492 e. The number of nitrogens with one attached hydrogen (secondary N) is 2. The lowest BCUT2D eigenvalue weighted by Gasteiger charge is -2.22. The first-order valence-corrected chi connectivity index (χ1v) is 8.13. The zero-order valence-corrected chi connectivity index (χ0v) is 14.5. The van der Waals surface area contributed by atoms with Gasteiger partial charge in [0.1, 0.15) is 11.6 Å². The molecule has 0 spiro atoms. The monoisotopic (exact) mass is 362 g/mol. The van der Waals surface area contributed by atoms with E-state index in [1.165, 1.54) is 5.56 Å². The van der Waals surface area contributed by atoms with Crippen molar-refractivity contribution in [2.24, 2.45) is 0 Å². The van der Waals surface area contributed by atoms with Crippen LogP contribution in [0.4, 0.5) is 17.5 Å². The van der Waals surface area contributed by atoms with Gasteiger partial charge in [0.05, 0.1) is 11.1 Å². The molecule has 0 fully saturated rings. The van der Waals surface area contributed by atoms with Crippen molar-refractivity contribution in [2.75, 3.05) is 24.3 Å². The molecular formula is C16H19BrN4O. The van der Waals surface area contributed by atoms with Gasteiger partial charge in [-0.25, -0.2) is 4.98 Å². The third kappa shape index (κ3) is 2.88. The quantitative estimate of drug-likeness (QED) is 0.864. The number of aryl methyl sites for hydroxylation is 2. The van der Waals surface area contributed by atoms with E-state index in [4.69, 9.17) is 4.74 Å². The minimum absolute atomic E-state index is 0.594. The summed E-state index contributed by atoms with van der Waals surface area (Å²) in [6.07, 6.45) is 2.08. The van der Waals surface area contributed by atoms with E-state index in [9.17, 15) is 0 Å². The number of fused-ring (bicyclic) bond motifs is 1. The first-order valence-electron chi connectivity index (χ1n) is 7.33. The summed E-state index contributed by atoms with van der Waals surface area (Å²) in [6.45, 7) is 4.79. The second-order valence-corrected chi connectivity index (χ2v) is 6.19. The second kappa shape index (κ2) is 6.12. The topological polar surface area (TPSA) is 59.1 Å². The third-order valence-electron chi connectivity index (χ3n) is 3.74. The third-order valence-corrected chi connectivity index (χ3v) is 4.69. The molecule has 0 amide bonds. The average Bonchev–Trinajstić information content (AvgIpc) is 2.52. The summed E-state index contributed by atoms with van der Waals surface area (Å²) < 4.78 is 6.79. The van der Waals surface area contributed by atoms with Crippen LogP contribution >= 0.6 is 15.9 Å². The number of ether oxygens (including phenoxy) is 1. The molecule has 2 heterocycles. The van der Waals surface area contributed by atoms with Crippen LogP contribution in [0.2, 0.25) is 0 Å². The molecule has 1 aromatic heterocycles. The van der Waals surface area contributed by atoms with E-state index in [0.717, 1.165) is 52.4 Å². The number of hydrogen-bond donors (Lipinski definition) is 2. The molecule has 22 heavy (non-hydrogen) atoms. The van der Waals surface area contributed by atoms with Crippen molar-refractivity contribution in [3.05, 3.63) is 33.4 Å². The van der Waals surface area contributed by atoms with Crippen LogP contribution in [-0.4, -0.2) is 23.6 Å². The maximum Gasteiger partial charge on any atom is 0.229 e.